The lowest BCUT2D eigenvalue weighted by Crippen LogP contribution is -2.24. The Labute approximate surface area is 125 Å². The van der Waals surface area contributed by atoms with E-state index in [1.54, 1.807) is 6.07 Å². The van der Waals surface area contributed by atoms with E-state index in [4.69, 9.17) is 10.5 Å². The highest BCUT2D eigenvalue weighted by Crippen LogP contribution is 2.26. The Morgan fingerprint density at radius 2 is 1.81 bits per heavy atom. The van der Waals surface area contributed by atoms with E-state index < -0.39 is 5.60 Å². The first-order valence-corrected chi connectivity index (χ1v) is 7.02. The van der Waals surface area contributed by atoms with Crippen LogP contribution in [-0.4, -0.2) is 11.6 Å². The van der Waals surface area contributed by atoms with Gasteiger partial charge in [-0.05, 0) is 49.6 Å². The second-order valence-corrected chi connectivity index (χ2v) is 5.95. The van der Waals surface area contributed by atoms with Crippen molar-refractivity contribution in [1.29, 1.82) is 0 Å². The molecule has 0 saturated heterocycles. The van der Waals surface area contributed by atoms with Gasteiger partial charge in [0.05, 0.1) is 5.56 Å². The zero-order chi connectivity index (χ0) is 15.5. The van der Waals surface area contributed by atoms with Gasteiger partial charge in [-0.15, -0.1) is 0 Å². The third-order valence-electron chi connectivity index (χ3n) is 3.02. The van der Waals surface area contributed by atoms with E-state index >= 15 is 0 Å². The Hall–Kier alpha value is -2.13. The molecular weight excluding hydrogens is 262 g/mol. The van der Waals surface area contributed by atoms with Gasteiger partial charge in [0.2, 0.25) is 0 Å². The van der Waals surface area contributed by atoms with Crippen molar-refractivity contribution in [2.75, 3.05) is 0 Å². The molecule has 3 heteroatoms. The first kappa shape index (κ1) is 15.3. The molecule has 0 amide bonds. The minimum Gasteiger partial charge on any atom is -0.456 e. The molecule has 0 heterocycles. The van der Waals surface area contributed by atoms with Crippen molar-refractivity contribution in [3.05, 3.63) is 59.7 Å². The molecule has 0 atom stereocenters. The highest BCUT2D eigenvalue weighted by molar-refractivity contribution is 5.97. The molecule has 0 unspecified atom stereocenters. The standard InChI is InChI=1S/C18H21NO2/c1-18(2,3)21-17(20)16-10-5-4-9-15(16)14-8-6-7-13(11-14)12-19/h4-11H,12,19H2,1-3H3. The molecular formula is C18H21NO2. The summed E-state index contributed by atoms with van der Waals surface area (Å²) in [7, 11) is 0. The van der Waals surface area contributed by atoms with Crippen LogP contribution in [-0.2, 0) is 11.3 Å². The summed E-state index contributed by atoms with van der Waals surface area (Å²) in [6.45, 7) is 6.07. The fourth-order valence-electron chi connectivity index (χ4n) is 2.11. The van der Waals surface area contributed by atoms with Gasteiger partial charge >= 0.3 is 5.97 Å². The number of hydrogen-bond acceptors (Lipinski definition) is 3. The molecule has 0 saturated carbocycles. The summed E-state index contributed by atoms with van der Waals surface area (Å²) < 4.78 is 5.48. The molecule has 110 valence electrons. The zero-order valence-electron chi connectivity index (χ0n) is 12.7. The number of esters is 1. The Morgan fingerprint density at radius 1 is 1.10 bits per heavy atom. The van der Waals surface area contributed by atoms with Crippen molar-refractivity contribution in [2.24, 2.45) is 5.73 Å². The van der Waals surface area contributed by atoms with E-state index in [0.717, 1.165) is 16.7 Å². The predicted molar refractivity (Wildman–Crippen MR) is 84.9 cm³/mol. The van der Waals surface area contributed by atoms with Gasteiger partial charge in [0, 0.05) is 6.54 Å². The average Bonchev–Trinajstić information content (AvgIpc) is 2.45. The SMILES string of the molecule is CC(C)(C)OC(=O)c1ccccc1-c1cccc(CN)c1. The smallest absolute Gasteiger partial charge is 0.339 e. The quantitative estimate of drug-likeness (QED) is 0.872. The normalized spacial score (nSPS) is 11.2. The summed E-state index contributed by atoms with van der Waals surface area (Å²) in [6.07, 6.45) is 0. The number of carbonyl (C=O) groups is 1. The van der Waals surface area contributed by atoms with Crippen molar-refractivity contribution in [1.82, 2.24) is 0 Å². The average molecular weight is 283 g/mol. The molecule has 0 fully saturated rings. The molecule has 0 bridgehead atoms. The second-order valence-electron chi connectivity index (χ2n) is 5.95. The molecule has 3 nitrogen and oxygen atoms in total. The summed E-state index contributed by atoms with van der Waals surface area (Å²) in [6, 6.07) is 15.4. The molecule has 21 heavy (non-hydrogen) atoms. The predicted octanol–water partition coefficient (Wildman–Crippen LogP) is 3.77. The largest absolute Gasteiger partial charge is 0.456 e. The molecule has 0 radical (unpaired) electrons. The Balaban J connectivity index is 2.43. The van der Waals surface area contributed by atoms with Gasteiger partial charge in [-0.1, -0.05) is 36.4 Å². The maximum atomic E-state index is 12.4. The number of rotatable bonds is 3. The van der Waals surface area contributed by atoms with E-state index in [1.807, 2.05) is 63.2 Å². The maximum Gasteiger partial charge on any atom is 0.339 e. The molecule has 2 aromatic carbocycles. The van der Waals surface area contributed by atoms with Crippen LogP contribution in [0.5, 0.6) is 0 Å². The molecule has 2 aromatic rings. The van der Waals surface area contributed by atoms with Crippen LogP contribution in [0.25, 0.3) is 11.1 Å². The number of benzene rings is 2. The van der Waals surface area contributed by atoms with Gasteiger partial charge in [0.1, 0.15) is 5.60 Å². The molecule has 0 aromatic heterocycles. The fourth-order valence-corrected chi connectivity index (χ4v) is 2.11. The molecule has 2 N–H and O–H groups in total. The van der Waals surface area contributed by atoms with Crippen molar-refractivity contribution in [3.8, 4) is 11.1 Å². The topological polar surface area (TPSA) is 52.3 Å². The highest BCUT2D eigenvalue weighted by Gasteiger charge is 2.20. The third-order valence-corrected chi connectivity index (χ3v) is 3.02. The lowest BCUT2D eigenvalue weighted by Gasteiger charge is -2.20. The van der Waals surface area contributed by atoms with E-state index in [1.165, 1.54) is 0 Å². The number of carbonyl (C=O) groups excluding carboxylic acids is 1. The van der Waals surface area contributed by atoms with E-state index in [0.29, 0.717) is 12.1 Å². The van der Waals surface area contributed by atoms with Gasteiger partial charge in [0.25, 0.3) is 0 Å². The van der Waals surface area contributed by atoms with Gasteiger partial charge in [-0.25, -0.2) is 4.79 Å². The van der Waals surface area contributed by atoms with Crippen LogP contribution in [0, 0.1) is 0 Å². The summed E-state index contributed by atoms with van der Waals surface area (Å²) >= 11 is 0. The van der Waals surface area contributed by atoms with E-state index in [-0.39, 0.29) is 5.97 Å². The molecule has 0 spiro atoms. The lowest BCUT2D eigenvalue weighted by molar-refractivity contribution is 0.00705. The second kappa shape index (κ2) is 6.10. The molecule has 0 aliphatic rings. The first-order chi connectivity index (χ1) is 9.90. The maximum absolute atomic E-state index is 12.4. The molecule has 2 rings (SSSR count). The Morgan fingerprint density at radius 3 is 2.48 bits per heavy atom. The van der Waals surface area contributed by atoms with Crippen LogP contribution in [0.2, 0.25) is 0 Å². The van der Waals surface area contributed by atoms with Crippen LogP contribution in [0.15, 0.2) is 48.5 Å². The van der Waals surface area contributed by atoms with Crippen molar-refractivity contribution < 1.29 is 9.53 Å². The van der Waals surface area contributed by atoms with Crippen LogP contribution in [0.3, 0.4) is 0 Å². The number of hydrogen-bond donors (Lipinski definition) is 1. The van der Waals surface area contributed by atoms with Crippen LogP contribution < -0.4 is 5.73 Å². The molecule has 0 aliphatic carbocycles. The Bertz CT molecular complexity index is 642. The minimum atomic E-state index is -0.511. The van der Waals surface area contributed by atoms with Gasteiger partial charge in [-0.3, -0.25) is 0 Å². The van der Waals surface area contributed by atoms with Crippen molar-refractivity contribution in [2.45, 2.75) is 32.9 Å². The van der Waals surface area contributed by atoms with Gasteiger partial charge in [0.15, 0.2) is 0 Å². The minimum absolute atomic E-state index is 0.309. The third kappa shape index (κ3) is 3.92. The summed E-state index contributed by atoms with van der Waals surface area (Å²) in [4.78, 5) is 12.4. The number of nitrogens with two attached hydrogens (primary N) is 1. The van der Waals surface area contributed by atoms with Gasteiger partial charge in [-0.2, -0.15) is 0 Å². The monoisotopic (exact) mass is 283 g/mol. The highest BCUT2D eigenvalue weighted by atomic mass is 16.6. The van der Waals surface area contributed by atoms with Gasteiger partial charge < -0.3 is 10.5 Å². The number of ether oxygens (including phenoxy) is 1. The van der Waals surface area contributed by atoms with Crippen LogP contribution >= 0.6 is 0 Å². The van der Waals surface area contributed by atoms with E-state index in [2.05, 4.69) is 0 Å². The Kier molecular flexibility index (Phi) is 4.43. The van der Waals surface area contributed by atoms with Crippen molar-refractivity contribution in [3.63, 3.8) is 0 Å². The first-order valence-electron chi connectivity index (χ1n) is 7.02. The lowest BCUT2D eigenvalue weighted by atomic mass is 9.98. The zero-order valence-corrected chi connectivity index (χ0v) is 12.7. The fraction of sp³-hybridized carbons (Fsp3) is 0.278. The van der Waals surface area contributed by atoms with Crippen LogP contribution in [0.1, 0.15) is 36.7 Å². The van der Waals surface area contributed by atoms with E-state index in [9.17, 15) is 4.79 Å². The van der Waals surface area contributed by atoms with Crippen LogP contribution in [0.4, 0.5) is 0 Å². The summed E-state index contributed by atoms with van der Waals surface area (Å²) in [5.74, 6) is -0.309. The van der Waals surface area contributed by atoms with Crippen molar-refractivity contribution >= 4 is 5.97 Å². The summed E-state index contributed by atoms with van der Waals surface area (Å²) in [5, 5.41) is 0. The molecule has 0 aliphatic heterocycles. The summed E-state index contributed by atoms with van der Waals surface area (Å²) in [5.41, 5.74) is 8.62.